The third-order valence-electron chi connectivity index (χ3n) is 4.98. The smallest absolute Gasteiger partial charge is 0.244 e. The van der Waals surface area contributed by atoms with E-state index in [1.807, 2.05) is 56.3 Å². The van der Waals surface area contributed by atoms with Crippen LogP contribution in [0.15, 0.2) is 58.4 Å². The van der Waals surface area contributed by atoms with Gasteiger partial charge in [0.2, 0.25) is 11.8 Å². The molecule has 0 saturated carbocycles. The van der Waals surface area contributed by atoms with E-state index in [0.717, 1.165) is 32.6 Å². The maximum absolute atomic E-state index is 9.94. The Hall–Kier alpha value is -3.44. The van der Waals surface area contributed by atoms with Gasteiger partial charge >= 0.3 is 0 Å². The summed E-state index contributed by atoms with van der Waals surface area (Å²) < 4.78 is 18.0. The van der Waals surface area contributed by atoms with Crippen molar-refractivity contribution >= 4 is 15.9 Å². The van der Waals surface area contributed by atoms with Crippen LogP contribution in [0.25, 0.3) is 11.3 Å². The molecule has 0 saturated heterocycles. The average Bonchev–Trinajstić information content (AvgIpc) is 3.18. The molecule has 7 nitrogen and oxygen atoms in total. The third-order valence-corrected chi connectivity index (χ3v) is 5.47. The van der Waals surface area contributed by atoms with Gasteiger partial charge in [-0.3, -0.25) is 5.10 Å². The lowest BCUT2D eigenvalue weighted by atomic mass is 9.82. The van der Waals surface area contributed by atoms with Crippen molar-refractivity contribution < 1.29 is 14.2 Å². The summed E-state index contributed by atoms with van der Waals surface area (Å²) in [5.74, 6) is 1.32. The first-order valence-electron chi connectivity index (χ1n) is 9.88. The Balaban J connectivity index is 1.91. The SMILES string of the molecule is CCOc1ccc(-c2[nH]nc3c2C(c2cc(Br)ccc2OCC)C(C#N)=C(N)O3)cc1. The van der Waals surface area contributed by atoms with E-state index in [1.54, 1.807) is 0 Å². The number of H-pyrrole nitrogens is 1. The van der Waals surface area contributed by atoms with Gasteiger partial charge in [0.05, 0.1) is 30.4 Å². The molecule has 2 aromatic carbocycles. The van der Waals surface area contributed by atoms with E-state index in [9.17, 15) is 5.26 Å². The van der Waals surface area contributed by atoms with Crippen molar-refractivity contribution in [3.05, 3.63) is 69.5 Å². The number of nitrogens with zero attached hydrogens (tertiary/aromatic N) is 2. The molecule has 1 aromatic heterocycles. The molecular formula is C23H21BrN4O3. The van der Waals surface area contributed by atoms with Crippen LogP contribution < -0.4 is 19.9 Å². The van der Waals surface area contributed by atoms with E-state index < -0.39 is 5.92 Å². The number of nitriles is 1. The molecule has 0 radical (unpaired) electrons. The van der Waals surface area contributed by atoms with Crippen LogP contribution in [0.3, 0.4) is 0 Å². The van der Waals surface area contributed by atoms with Crippen LogP contribution in [-0.2, 0) is 0 Å². The van der Waals surface area contributed by atoms with Crippen molar-refractivity contribution in [1.29, 1.82) is 5.26 Å². The molecule has 1 atom stereocenters. The molecule has 2 heterocycles. The van der Waals surface area contributed by atoms with E-state index in [4.69, 9.17) is 19.9 Å². The molecule has 3 N–H and O–H groups in total. The quantitative estimate of drug-likeness (QED) is 0.521. The first kappa shape index (κ1) is 20.8. The largest absolute Gasteiger partial charge is 0.494 e. The Bertz CT molecular complexity index is 1180. The summed E-state index contributed by atoms with van der Waals surface area (Å²) in [6.45, 7) is 4.94. The molecule has 4 rings (SSSR count). The highest BCUT2D eigenvalue weighted by molar-refractivity contribution is 9.10. The Labute approximate surface area is 188 Å². The van der Waals surface area contributed by atoms with E-state index in [1.165, 1.54) is 0 Å². The van der Waals surface area contributed by atoms with Gasteiger partial charge in [-0.1, -0.05) is 15.9 Å². The Kier molecular flexibility index (Phi) is 5.87. The fourth-order valence-electron chi connectivity index (χ4n) is 3.69. The van der Waals surface area contributed by atoms with E-state index in [-0.39, 0.29) is 5.88 Å². The highest BCUT2D eigenvalue weighted by Gasteiger charge is 2.37. The highest BCUT2D eigenvalue weighted by atomic mass is 79.9. The number of aromatic amines is 1. The van der Waals surface area contributed by atoms with Crippen LogP contribution in [-0.4, -0.2) is 23.4 Å². The van der Waals surface area contributed by atoms with Crippen molar-refractivity contribution in [3.63, 3.8) is 0 Å². The number of benzene rings is 2. The van der Waals surface area contributed by atoms with Crippen molar-refractivity contribution in [2.45, 2.75) is 19.8 Å². The third kappa shape index (κ3) is 3.84. The lowest BCUT2D eigenvalue weighted by Gasteiger charge is -2.26. The minimum absolute atomic E-state index is 0.0344. The van der Waals surface area contributed by atoms with Gasteiger partial charge in [-0.25, -0.2) is 0 Å². The Morgan fingerprint density at radius 3 is 2.58 bits per heavy atom. The normalized spacial score (nSPS) is 15.1. The molecule has 0 bridgehead atoms. The number of nitrogens with one attached hydrogen (secondary N) is 1. The zero-order valence-electron chi connectivity index (χ0n) is 17.1. The standard InChI is InChI=1S/C23H21BrN4O3/c1-3-29-15-8-5-13(6-9-15)21-20-19(16-11-14(24)7-10-18(16)30-4-2)17(12-25)22(26)31-23(20)28-27-21/h5-11,19H,3-4,26H2,1-2H3,(H,27,28). The number of aromatic nitrogens is 2. The topological polar surface area (TPSA) is 106 Å². The van der Waals surface area contributed by atoms with Crippen molar-refractivity contribution in [3.8, 4) is 34.7 Å². The fourth-order valence-corrected chi connectivity index (χ4v) is 4.07. The van der Waals surface area contributed by atoms with Crippen LogP contribution >= 0.6 is 15.9 Å². The van der Waals surface area contributed by atoms with Crippen LogP contribution in [0.2, 0.25) is 0 Å². The maximum Gasteiger partial charge on any atom is 0.244 e. The minimum atomic E-state index is -0.506. The number of rotatable bonds is 6. The molecular weight excluding hydrogens is 460 g/mol. The molecule has 0 spiro atoms. The molecule has 158 valence electrons. The number of nitrogens with two attached hydrogens (primary N) is 1. The number of allylic oxidation sites excluding steroid dienone is 1. The molecule has 1 aliphatic rings. The van der Waals surface area contributed by atoms with Gasteiger partial charge in [0.25, 0.3) is 0 Å². The summed E-state index contributed by atoms with van der Waals surface area (Å²) in [6, 6.07) is 15.6. The van der Waals surface area contributed by atoms with Gasteiger partial charge in [0, 0.05) is 15.6 Å². The van der Waals surface area contributed by atoms with Gasteiger partial charge in [0.1, 0.15) is 23.1 Å². The molecule has 0 amide bonds. The molecule has 3 aromatic rings. The number of hydrogen-bond acceptors (Lipinski definition) is 6. The van der Waals surface area contributed by atoms with Crippen LogP contribution in [0.4, 0.5) is 0 Å². The number of ether oxygens (including phenoxy) is 3. The predicted octanol–water partition coefficient (Wildman–Crippen LogP) is 4.85. The molecule has 8 heteroatoms. The van der Waals surface area contributed by atoms with Crippen molar-refractivity contribution in [2.75, 3.05) is 13.2 Å². The molecule has 31 heavy (non-hydrogen) atoms. The van der Waals surface area contributed by atoms with Gasteiger partial charge in [-0.05, 0) is 56.3 Å². The van der Waals surface area contributed by atoms with E-state index in [0.29, 0.717) is 30.4 Å². The lowest BCUT2D eigenvalue weighted by Crippen LogP contribution is -2.21. The second-order valence-corrected chi connectivity index (χ2v) is 7.73. The minimum Gasteiger partial charge on any atom is -0.494 e. The maximum atomic E-state index is 9.94. The highest BCUT2D eigenvalue weighted by Crippen LogP contribution is 2.48. The lowest BCUT2D eigenvalue weighted by molar-refractivity contribution is 0.334. The Morgan fingerprint density at radius 2 is 1.90 bits per heavy atom. The second kappa shape index (κ2) is 8.74. The van der Waals surface area contributed by atoms with Crippen molar-refractivity contribution in [1.82, 2.24) is 10.2 Å². The summed E-state index contributed by atoms with van der Waals surface area (Å²) in [7, 11) is 0. The average molecular weight is 481 g/mol. The summed E-state index contributed by atoms with van der Waals surface area (Å²) in [5.41, 5.74) is 9.57. The van der Waals surface area contributed by atoms with Crippen LogP contribution in [0.5, 0.6) is 17.4 Å². The Morgan fingerprint density at radius 1 is 1.16 bits per heavy atom. The zero-order chi connectivity index (χ0) is 22.0. The molecule has 1 aliphatic heterocycles. The van der Waals surface area contributed by atoms with Crippen LogP contribution in [0, 0.1) is 11.3 Å². The second-order valence-electron chi connectivity index (χ2n) is 6.81. The summed E-state index contributed by atoms with van der Waals surface area (Å²) in [4.78, 5) is 0. The van der Waals surface area contributed by atoms with E-state index in [2.05, 4.69) is 32.2 Å². The first-order chi connectivity index (χ1) is 15.1. The first-order valence-corrected chi connectivity index (χ1v) is 10.7. The number of hydrogen-bond donors (Lipinski definition) is 2. The predicted molar refractivity (Wildman–Crippen MR) is 120 cm³/mol. The van der Waals surface area contributed by atoms with E-state index >= 15 is 0 Å². The summed E-state index contributed by atoms with van der Waals surface area (Å²) in [5, 5.41) is 17.3. The monoisotopic (exact) mass is 480 g/mol. The number of halogens is 1. The molecule has 1 unspecified atom stereocenters. The van der Waals surface area contributed by atoms with Gasteiger partial charge < -0.3 is 19.9 Å². The van der Waals surface area contributed by atoms with Crippen LogP contribution in [0.1, 0.15) is 30.9 Å². The van der Waals surface area contributed by atoms with Crippen molar-refractivity contribution in [2.24, 2.45) is 5.73 Å². The zero-order valence-corrected chi connectivity index (χ0v) is 18.7. The summed E-state index contributed by atoms with van der Waals surface area (Å²) in [6.07, 6.45) is 0. The number of fused-ring (bicyclic) bond motifs is 1. The summed E-state index contributed by atoms with van der Waals surface area (Å²) >= 11 is 3.53. The van der Waals surface area contributed by atoms with Gasteiger partial charge in [-0.15, -0.1) is 5.10 Å². The fraction of sp³-hybridized carbons (Fsp3) is 0.217. The van der Waals surface area contributed by atoms with Gasteiger partial charge in [-0.2, -0.15) is 5.26 Å². The molecule has 0 fully saturated rings. The van der Waals surface area contributed by atoms with Gasteiger partial charge in [0.15, 0.2) is 0 Å². The molecule has 0 aliphatic carbocycles.